The number of aryl methyl sites for hydroxylation is 1. The molecule has 1 aromatic carbocycles. The number of phenols is 1. The summed E-state index contributed by atoms with van der Waals surface area (Å²) in [6, 6.07) is 3.65. The third-order valence-corrected chi connectivity index (χ3v) is 12.3. The fraction of sp³-hybridized carbons (Fsp3) is 0.686. The lowest BCUT2D eigenvalue weighted by atomic mass is 9.95. The summed E-state index contributed by atoms with van der Waals surface area (Å²) < 4.78 is 22.2. The van der Waals surface area contributed by atoms with Gasteiger partial charge in [-0.25, -0.2) is 0 Å². The molecule has 0 spiro atoms. The molecule has 25 heteroatoms. The molecule has 0 unspecified atom stereocenters. The largest absolute Gasteiger partial charge is 0.507 e. The topological polar surface area (TPSA) is 364 Å². The first kappa shape index (κ1) is 68.7. The molecule has 3 atom stereocenters. The summed E-state index contributed by atoms with van der Waals surface area (Å²) in [6.45, 7) is 5.28. The molecule has 0 fully saturated rings. The number of aromatic hydroxyl groups is 1. The number of amides is 8. The van der Waals surface area contributed by atoms with Crippen LogP contribution in [0.4, 0.5) is 0 Å². The molecule has 0 saturated carbocycles. The molecule has 76 heavy (non-hydrogen) atoms. The second-order valence-electron chi connectivity index (χ2n) is 18.1. The minimum Gasteiger partial charge on any atom is -0.507 e. The maximum atomic E-state index is 13.2. The van der Waals surface area contributed by atoms with Crippen LogP contribution >= 0.6 is 22.6 Å². The summed E-state index contributed by atoms with van der Waals surface area (Å²) in [5.74, 6) is -3.11. The minimum atomic E-state index is -0.861. The Kier molecular flexibility index (Phi) is 39.5. The van der Waals surface area contributed by atoms with E-state index in [1.54, 1.807) is 12.1 Å². The lowest BCUT2D eigenvalue weighted by Crippen LogP contribution is -2.47. The molecule has 12 N–H and O–H groups in total. The van der Waals surface area contributed by atoms with Crippen molar-refractivity contribution in [3.63, 3.8) is 0 Å². The Hall–Kier alpha value is -5.35. The van der Waals surface area contributed by atoms with Crippen molar-refractivity contribution in [3.05, 3.63) is 27.3 Å². The van der Waals surface area contributed by atoms with Gasteiger partial charge in [0.2, 0.25) is 47.3 Å². The van der Waals surface area contributed by atoms with Gasteiger partial charge < -0.3 is 72.2 Å². The number of carbonyl (C=O) groups is 10. The molecule has 0 heterocycles. The van der Waals surface area contributed by atoms with Crippen LogP contribution in [0.25, 0.3) is 0 Å². The molecule has 0 aliphatic rings. The van der Waals surface area contributed by atoms with E-state index in [1.807, 2.05) is 28.7 Å². The first-order valence-corrected chi connectivity index (χ1v) is 27.2. The number of nitrogens with one attached hydrogen (secondary N) is 7. The number of unbranched alkanes of at least 4 members (excludes halogenated alkanes) is 3. The molecule has 430 valence electrons. The van der Waals surface area contributed by atoms with Gasteiger partial charge in [0, 0.05) is 64.3 Å². The van der Waals surface area contributed by atoms with Gasteiger partial charge in [0.25, 0.3) is 0 Å². The predicted octanol–water partition coefficient (Wildman–Crippen LogP) is 0.246. The van der Waals surface area contributed by atoms with E-state index in [1.165, 1.54) is 13.8 Å². The zero-order valence-corrected chi connectivity index (χ0v) is 46.5. The Labute approximate surface area is 460 Å². The van der Waals surface area contributed by atoms with E-state index in [2.05, 4.69) is 37.2 Å². The number of ether oxygens (including phenoxy) is 4. The number of hydrogen-bond acceptors (Lipinski definition) is 16. The van der Waals surface area contributed by atoms with E-state index in [0.29, 0.717) is 93.7 Å². The van der Waals surface area contributed by atoms with Crippen molar-refractivity contribution in [1.82, 2.24) is 37.2 Å². The average Bonchev–Trinajstić information content (AvgIpc) is 3.36. The first-order chi connectivity index (χ1) is 36.4. The van der Waals surface area contributed by atoms with Gasteiger partial charge in [-0.3, -0.25) is 48.5 Å². The van der Waals surface area contributed by atoms with Crippen molar-refractivity contribution in [2.45, 2.75) is 129 Å². The first-order valence-electron chi connectivity index (χ1n) is 26.1. The van der Waals surface area contributed by atoms with E-state index in [4.69, 9.17) is 30.4 Å². The summed E-state index contributed by atoms with van der Waals surface area (Å²) >= 11 is 2.03. The number of carbonyl (C=O) groups excluding carboxylic acids is 10. The van der Waals surface area contributed by atoms with Gasteiger partial charge in [-0.05, 0) is 125 Å². The number of benzene rings is 1. The third-order valence-electron chi connectivity index (χ3n) is 11.4. The number of ketones is 2. The maximum absolute atomic E-state index is 13.2. The molecule has 1 aromatic rings. The van der Waals surface area contributed by atoms with Gasteiger partial charge in [-0.2, -0.15) is 0 Å². The van der Waals surface area contributed by atoms with Crippen molar-refractivity contribution in [3.8, 4) is 5.75 Å². The van der Waals surface area contributed by atoms with Gasteiger partial charge in [-0.1, -0.05) is 12.5 Å². The van der Waals surface area contributed by atoms with Crippen LogP contribution in [0.15, 0.2) is 18.2 Å². The Bertz CT molecular complexity index is 1950. The highest BCUT2D eigenvalue weighted by Crippen LogP contribution is 2.21. The van der Waals surface area contributed by atoms with E-state index < -0.39 is 29.8 Å². The Morgan fingerprint density at radius 2 is 1.04 bits per heavy atom. The van der Waals surface area contributed by atoms with Crippen LogP contribution in [-0.2, 0) is 73.3 Å². The smallest absolute Gasteiger partial charge is 0.246 e. The molecule has 0 radical (unpaired) electrons. The number of hydrogen-bond donors (Lipinski definition) is 10. The Balaban J connectivity index is 2.24. The Morgan fingerprint density at radius 3 is 1.61 bits per heavy atom. The number of rotatable bonds is 48. The molecular formula is C51H84IN9O15. The second kappa shape index (κ2) is 43.7. The quantitative estimate of drug-likeness (QED) is 0.0309. The van der Waals surface area contributed by atoms with Crippen LogP contribution in [0.1, 0.15) is 116 Å². The molecular weight excluding hydrogens is 1100 g/mol. The molecule has 0 bridgehead atoms. The SMILES string of the molecule is CC(=O)CC[C@@H](CCCCNC(=O)COCCOCCNC(=O)COCCOCCNC(=O)CCCC(=O)N[C@@H](CCCCNC(=O)CCc1ccc(O)c([125I])c1)C(=O)NCCCC[C@H](NCC(C)=O)C(N)=O)C(N)=O. The van der Waals surface area contributed by atoms with Crippen molar-refractivity contribution in [1.29, 1.82) is 0 Å². The normalized spacial score (nSPS) is 12.1. The van der Waals surface area contributed by atoms with Crippen LogP contribution in [0, 0.1) is 9.49 Å². The predicted molar refractivity (Wildman–Crippen MR) is 289 cm³/mol. The monoisotopic (exact) mass is 1190 g/mol. The van der Waals surface area contributed by atoms with E-state index in [-0.39, 0.29) is 157 Å². The molecule has 24 nitrogen and oxygen atoms in total. The van der Waals surface area contributed by atoms with E-state index in [0.717, 1.165) is 5.56 Å². The van der Waals surface area contributed by atoms with Gasteiger partial charge in [-0.15, -0.1) is 0 Å². The van der Waals surface area contributed by atoms with Crippen LogP contribution in [-0.4, -0.2) is 168 Å². The van der Waals surface area contributed by atoms with Crippen LogP contribution in [0.3, 0.4) is 0 Å². The van der Waals surface area contributed by atoms with Crippen LogP contribution < -0.4 is 48.7 Å². The molecule has 8 amide bonds. The van der Waals surface area contributed by atoms with E-state index in [9.17, 15) is 53.1 Å². The maximum Gasteiger partial charge on any atom is 0.246 e. The summed E-state index contributed by atoms with van der Waals surface area (Å²) in [6.07, 6.45) is 6.55. The standard InChI is InChI=1S/C51H84IN9O15/c1-36(62)15-18-39(49(53)70)10-3-6-22-56-47(68)34-75-30-29-74-27-25-58-48(69)35-76-31-28-73-26-24-57-44(65)13-9-14-46(67)61-42(51(72)59-23-8-4-11-41(50(54)71)60-33-37(2)63)12-5-7-21-55-45(66)20-17-38-16-19-43(64)40(52)32-38/h16,19,32,39,41-42,60,64H,3-15,17-18,20-31,33-35H2,1-2H3,(H2,53,70)(H2,54,71)(H,55,66)(H,56,68)(H,57,65)(H,58,69)(H,59,72)(H,61,67)/t39-,41+,42+/m1/s1/i52-2. The van der Waals surface area contributed by atoms with Crippen LogP contribution in [0.2, 0.25) is 0 Å². The molecule has 0 aromatic heterocycles. The molecule has 1 rings (SSSR count). The number of nitrogens with two attached hydrogens (primary N) is 2. The van der Waals surface area contributed by atoms with Crippen molar-refractivity contribution < 1.29 is 72.0 Å². The molecule has 0 aliphatic carbocycles. The minimum absolute atomic E-state index is 0.00124. The van der Waals surface area contributed by atoms with Gasteiger partial charge in [0.15, 0.2) is 0 Å². The average molecular weight is 1190 g/mol. The summed E-state index contributed by atoms with van der Waals surface area (Å²) in [4.78, 5) is 121. The van der Waals surface area contributed by atoms with Crippen molar-refractivity contribution in [2.75, 3.05) is 92.1 Å². The lowest BCUT2D eigenvalue weighted by Gasteiger charge is -2.19. The van der Waals surface area contributed by atoms with Gasteiger partial charge in [0.1, 0.15) is 36.6 Å². The number of phenolic OH excluding ortho intramolecular Hbond substituents is 1. The second-order valence-corrected chi connectivity index (χ2v) is 19.3. The Morgan fingerprint density at radius 1 is 0.526 bits per heavy atom. The number of primary amides is 2. The van der Waals surface area contributed by atoms with Gasteiger partial charge in [0.05, 0.1) is 55.8 Å². The fourth-order valence-corrected chi connectivity index (χ4v) is 7.73. The van der Waals surface area contributed by atoms with Crippen LogP contribution in [0.5, 0.6) is 5.75 Å². The zero-order chi connectivity index (χ0) is 56.4. The lowest BCUT2D eigenvalue weighted by molar-refractivity contribution is -0.129. The highest BCUT2D eigenvalue weighted by molar-refractivity contribution is 14.1. The fourth-order valence-electron chi connectivity index (χ4n) is 7.15. The summed E-state index contributed by atoms with van der Waals surface area (Å²) in [5, 5.41) is 29.2. The number of Topliss-reactive ketones (excluding diaryl/α,β-unsaturated/α-hetero) is 2. The summed E-state index contributed by atoms with van der Waals surface area (Å²) in [5.41, 5.74) is 11.8. The number of halogens is 1. The zero-order valence-electron chi connectivity index (χ0n) is 44.4. The highest BCUT2D eigenvalue weighted by atomic mass is 125. The third kappa shape index (κ3) is 38.2. The van der Waals surface area contributed by atoms with Gasteiger partial charge >= 0.3 is 0 Å². The van der Waals surface area contributed by atoms with E-state index >= 15 is 0 Å². The van der Waals surface area contributed by atoms with Crippen molar-refractivity contribution in [2.24, 2.45) is 17.4 Å². The highest BCUT2D eigenvalue weighted by Gasteiger charge is 2.21. The van der Waals surface area contributed by atoms with Crippen molar-refractivity contribution >= 4 is 81.4 Å². The summed E-state index contributed by atoms with van der Waals surface area (Å²) in [7, 11) is 0. The molecule has 0 saturated heterocycles. The molecule has 0 aliphatic heterocycles.